The molecule has 0 bridgehead atoms. The molecular formula is C15H18N2OS. The van der Waals surface area contributed by atoms with Crippen LogP contribution in [0, 0.1) is 0 Å². The van der Waals surface area contributed by atoms with Crippen LogP contribution in [0.1, 0.15) is 38.7 Å². The van der Waals surface area contributed by atoms with E-state index in [1.165, 1.54) is 23.8 Å². The van der Waals surface area contributed by atoms with Gasteiger partial charge >= 0.3 is 0 Å². The molecule has 1 atom stereocenters. The van der Waals surface area contributed by atoms with Crippen LogP contribution < -0.4 is 5.32 Å². The highest BCUT2D eigenvalue weighted by Crippen LogP contribution is 2.27. The first-order valence-electron chi connectivity index (χ1n) is 6.43. The van der Waals surface area contributed by atoms with Crippen LogP contribution in [-0.4, -0.2) is 10.9 Å². The van der Waals surface area contributed by atoms with Crippen LogP contribution in [0.25, 0.3) is 11.3 Å². The highest BCUT2D eigenvalue weighted by Gasteiger charge is 2.07. The number of carbonyl (C=O) groups excluding carboxylic acids is 1. The van der Waals surface area contributed by atoms with Gasteiger partial charge in [-0.1, -0.05) is 38.1 Å². The maximum atomic E-state index is 11.0. The van der Waals surface area contributed by atoms with E-state index in [2.05, 4.69) is 48.4 Å². The fourth-order valence-corrected chi connectivity index (χ4v) is 2.60. The van der Waals surface area contributed by atoms with E-state index in [9.17, 15) is 4.79 Å². The predicted octanol–water partition coefficient (Wildman–Crippen LogP) is 4.28. The molecule has 100 valence electrons. The monoisotopic (exact) mass is 274 g/mol. The lowest BCUT2D eigenvalue weighted by molar-refractivity contribution is -0.114. The Morgan fingerprint density at radius 1 is 1.37 bits per heavy atom. The Labute approximate surface area is 117 Å². The van der Waals surface area contributed by atoms with Crippen LogP contribution in [0.4, 0.5) is 5.13 Å². The van der Waals surface area contributed by atoms with E-state index < -0.39 is 0 Å². The van der Waals surface area contributed by atoms with E-state index in [0.29, 0.717) is 11.0 Å². The van der Waals surface area contributed by atoms with Crippen LogP contribution in [0.3, 0.4) is 0 Å². The Hall–Kier alpha value is -1.68. The second-order valence-electron chi connectivity index (χ2n) is 4.65. The summed E-state index contributed by atoms with van der Waals surface area (Å²) in [4.78, 5) is 15.4. The molecule has 0 radical (unpaired) electrons. The first kappa shape index (κ1) is 13.7. The Morgan fingerprint density at radius 2 is 2.05 bits per heavy atom. The number of nitrogens with zero attached hydrogens (tertiary/aromatic N) is 1. The molecule has 1 aromatic carbocycles. The highest BCUT2D eigenvalue weighted by atomic mass is 32.1. The van der Waals surface area contributed by atoms with Gasteiger partial charge in [0.15, 0.2) is 5.13 Å². The van der Waals surface area contributed by atoms with E-state index in [4.69, 9.17) is 0 Å². The molecule has 19 heavy (non-hydrogen) atoms. The van der Waals surface area contributed by atoms with Crippen molar-refractivity contribution in [2.75, 3.05) is 5.32 Å². The second kappa shape index (κ2) is 5.97. The summed E-state index contributed by atoms with van der Waals surface area (Å²) in [5.41, 5.74) is 3.34. The standard InChI is InChI=1S/C15H18N2OS/c1-4-10(2)12-5-7-13(8-6-12)14-9-19-15(17-14)16-11(3)18/h5-10H,4H2,1-3H3,(H,16,17,18)/t10-/m1/s1. The van der Waals surface area contributed by atoms with E-state index >= 15 is 0 Å². The van der Waals surface area contributed by atoms with Crippen molar-refractivity contribution in [1.29, 1.82) is 0 Å². The van der Waals surface area contributed by atoms with Crippen molar-refractivity contribution >= 4 is 22.4 Å². The largest absolute Gasteiger partial charge is 0.302 e. The summed E-state index contributed by atoms with van der Waals surface area (Å²) < 4.78 is 0. The van der Waals surface area contributed by atoms with Gasteiger partial charge in [0.2, 0.25) is 5.91 Å². The number of rotatable bonds is 4. The quantitative estimate of drug-likeness (QED) is 0.904. The van der Waals surface area contributed by atoms with Gasteiger partial charge in [0.25, 0.3) is 0 Å². The molecule has 0 spiro atoms. The maximum Gasteiger partial charge on any atom is 0.223 e. The Balaban J connectivity index is 2.18. The summed E-state index contributed by atoms with van der Waals surface area (Å²) >= 11 is 1.44. The van der Waals surface area contributed by atoms with Crippen molar-refractivity contribution in [2.45, 2.75) is 33.1 Å². The molecule has 0 aliphatic heterocycles. The van der Waals surface area contributed by atoms with Crippen molar-refractivity contribution in [3.05, 3.63) is 35.2 Å². The van der Waals surface area contributed by atoms with E-state index in [-0.39, 0.29) is 5.91 Å². The molecule has 2 rings (SSSR count). The molecule has 0 saturated heterocycles. The highest BCUT2D eigenvalue weighted by molar-refractivity contribution is 7.14. The molecule has 0 aliphatic carbocycles. The molecule has 1 heterocycles. The molecule has 4 heteroatoms. The van der Waals surface area contributed by atoms with Gasteiger partial charge in [0.05, 0.1) is 5.69 Å². The van der Waals surface area contributed by atoms with Crippen LogP contribution in [0.5, 0.6) is 0 Å². The summed E-state index contributed by atoms with van der Waals surface area (Å²) in [5.74, 6) is 0.493. The lowest BCUT2D eigenvalue weighted by Gasteiger charge is -2.08. The number of benzene rings is 1. The number of aromatic nitrogens is 1. The lowest BCUT2D eigenvalue weighted by atomic mass is 9.97. The third-order valence-corrected chi connectivity index (χ3v) is 3.93. The minimum absolute atomic E-state index is 0.0898. The normalized spacial score (nSPS) is 12.2. The zero-order valence-corrected chi connectivity index (χ0v) is 12.3. The fourth-order valence-electron chi connectivity index (χ4n) is 1.83. The molecule has 1 aromatic heterocycles. The molecule has 0 aliphatic rings. The number of hydrogen-bond donors (Lipinski definition) is 1. The maximum absolute atomic E-state index is 11.0. The predicted molar refractivity (Wildman–Crippen MR) is 80.6 cm³/mol. The second-order valence-corrected chi connectivity index (χ2v) is 5.51. The smallest absolute Gasteiger partial charge is 0.223 e. The average molecular weight is 274 g/mol. The third-order valence-electron chi connectivity index (χ3n) is 3.18. The van der Waals surface area contributed by atoms with Crippen LogP contribution in [-0.2, 0) is 4.79 Å². The van der Waals surface area contributed by atoms with E-state index in [0.717, 1.165) is 17.7 Å². The number of thiazole rings is 1. The first-order chi connectivity index (χ1) is 9.10. The van der Waals surface area contributed by atoms with Gasteiger partial charge in [-0.15, -0.1) is 11.3 Å². The summed E-state index contributed by atoms with van der Waals surface area (Å²) in [7, 11) is 0. The van der Waals surface area contributed by atoms with Gasteiger partial charge in [-0.25, -0.2) is 4.98 Å². The first-order valence-corrected chi connectivity index (χ1v) is 7.31. The molecule has 2 aromatic rings. The van der Waals surface area contributed by atoms with Crippen LogP contribution in [0.15, 0.2) is 29.6 Å². The lowest BCUT2D eigenvalue weighted by Crippen LogP contribution is -2.04. The van der Waals surface area contributed by atoms with Gasteiger partial charge < -0.3 is 5.32 Å². The Kier molecular flexibility index (Phi) is 4.32. The van der Waals surface area contributed by atoms with E-state index in [1.54, 1.807) is 0 Å². The van der Waals surface area contributed by atoms with Gasteiger partial charge in [0, 0.05) is 17.9 Å². The van der Waals surface area contributed by atoms with Crippen molar-refractivity contribution < 1.29 is 4.79 Å². The molecule has 0 fully saturated rings. The molecule has 0 unspecified atom stereocenters. The van der Waals surface area contributed by atoms with Gasteiger partial charge in [0.1, 0.15) is 0 Å². The SMILES string of the molecule is CC[C@@H](C)c1ccc(-c2csc(NC(C)=O)n2)cc1. The van der Waals surface area contributed by atoms with Gasteiger partial charge in [-0.05, 0) is 17.9 Å². The minimum atomic E-state index is -0.0898. The van der Waals surface area contributed by atoms with Crippen molar-refractivity contribution in [2.24, 2.45) is 0 Å². The molecule has 0 saturated carbocycles. The van der Waals surface area contributed by atoms with Crippen LogP contribution >= 0.6 is 11.3 Å². The fraction of sp³-hybridized carbons (Fsp3) is 0.333. The molecule has 1 N–H and O–H groups in total. The summed E-state index contributed by atoms with van der Waals surface area (Å²) in [6, 6.07) is 8.49. The number of anilines is 1. The van der Waals surface area contributed by atoms with Gasteiger partial charge in [-0.3, -0.25) is 4.79 Å². The minimum Gasteiger partial charge on any atom is -0.302 e. The average Bonchev–Trinajstić information content (AvgIpc) is 2.85. The molecule has 1 amide bonds. The summed E-state index contributed by atoms with van der Waals surface area (Å²) in [5, 5.41) is 5.31. The zero-order valence-electron chi connectivity index (χ0n) is 11.4. The number of nitrogens with one attached hydrogen (secondary N) is 1. The Morgan fingerprint density at radius 3 is 2.63 bits per heavy atom. The van der Waals surface area contributed by atoms with Crippen molar-refractivity contribution in [3.8, 4) is 11.3 Å². The third kappa shape index (κ3) is 3.41. The van der Waals surface area contributed by atoms with Crippen LogP contribution in [0.2, 0.25) is 0 Å². The topological polar surface area (TPSA) is 42.0 Å². The van der Waals surface area contributed by atoms with Gasteiger partial charge in [-0.2, -0.15) is 0 Å². The molecular weight excluding hydrogens is 256 g/mol. The number of hydrogen-bond acceptors (Lipinski definition) is 3. The van der Waals surface area contributed by atoms with E-state index in [1.807, 2.05) is 5.38 Å². The summed E-state index contributed by atoms with van der Waals surface area (Å²) in [6.07, 6.45) is 1.14. The number of carbonyl (C=O) groups is 1. The number of amides is 1. The zero-order chi connectivity index (χ0) is 13.8. The summed E-state index contributed by atoms with van der Waals surface area (Å²) in [6.45, 7) is 5.91. The van der Waals surface area contributed by atoms with Crippen molar-refractivity contribution in [3.63, 3.8) is 0 Å². The van der Waals surface area contributed by atoms with Crippen molar-refractivity contribution in [1.82, 2.24) is 4.98 Å². The molecule has 3 nitrogen and oxygen atoms in total. The Bertz CT molecular complexity index is 560.